The summed E-state index contributed by atoms with van der Waals surface area (Å²) in [6.07, 6.45) is 0. The van der Waals surface area contributed by atoms with Gasteiger partial charge in [0.2, 0.25) is 11.9 Å². The fourth-order valence-corrected chi connectivity index (χ4v) is 2.83. The molecule has 8 nitrogen and oxygen atoms in total. The highest BCUT2D eigenvalue weighted by atomic mass is 32.2. The molecule has 2 heterocycles. The molecule has 124 valence electrons. The Labute approximate surface area is 141 Å². The van der Waals surface area contributed by atoms with Gasteiger partial charge in [0.05, 0.1) is 5.75 Å². The van der Waals surface area contributed by atoms with Crippen molar-refractivity contribution in [1.82, 2.24) is 19.9 Å². The maximum absolute atomic E-state index is 12.1. The van der Waals surface area contributed by atoms with Crippen LogP contribution in [-0.4, -0.2) is 31.6 Å². The van der Waals surface area contributed by atoms with Gasteiger partial charge in [-0.2, -0.15) is 4.98 Å². The van der Waals surface area contributed by atoms with Crippen molar-refractivity contribution in [2.75, 3.05) is 16.8 Å². The van der Waals surface area contributed by atoms with Crippen molar-refractivity contribution in [2.45, 2.75) is 19.0 Å². The van der Waals surface area contributed by atoms with Crippen LogP contribution < -0.4 is 16.6 Å². The molecule has 2 aromatic heterocycles. The van der Waals surface area contributed by atoms with Crippen molar-refractivity contribution in [3.05, 3.63) is 39.7 Å². The number of aromatic amines is 2. The highest BCUT2D eigenvalue weighted by molar-refractivity contribution is 7.99. The molecule has 0 atom stereocenters. The first-order valence-corrected chi connectivity index (χ1v) is 8.16. The van der Waals surface area contributed by atoms with Crippen LogP contribution >= 0.6 is 11.8 Å². The number of nitrogens with one attached hydrogen (secondary N) is 3. The lowest BCUT2D eigenvalue weighted by atomic mass is 10.1. The second-order valence-electron chi connectivity index (χ2n) is 5.35. The van der Waals surface area contributed by atoms with Crippen molar-refractivity contribution in [2.24, 2.45) is 0 Å². The van der Waals surface area contributed by atoms with E-state index in [9.17, 15) is 9.59 Å². The average molecular weight is 344 g/mol. The van der Waals surface area contributed by atoms with Gasteiger partial charge in [-0.1, -0.05) is 23.9 Å². The van der Waals surface area contributed by atoms with Gasteiger partial charge in [-0.25, -0.2) is 4.98 Å². The number of hydrogen-bond donors (Lipinski definition) is 4. The Balaban J connectivity index is 1.69. The number of nitrogen functional groups attached to an aromatic ring is 1. The summed E-state index contributed by atoms with van der Waals surface area (Å²) >= 11 is 1.19. The minimum absolute atomic E-state index is 0.00298. The van der Waals surface area contributed by atoms with Crippen LogP contribution in [0, 0.1) is 13.8 Å². The van der Waals surface area contributed by atoms with Gasteiger partial charge in [0.1, 0.15) is 0 Å². The molecule has 0 fully saturated rings. The van der Waals surface area contributed by atoms with Gasteiger partial charge < -0.3 is 16.0 Å². The molecule has 0 radical (unpaired) electrons. The van der Waals surface area contributed by atoms with Crippen molar-refractivity contribution >= 4 is 40.5 Å². The Morgan fingerprint density at radius 1 is 1.29 bits per heavy atom. The zero-order chi connectivity index (χ0) is 17.3. The largest absolute Gasteiger partial charge is 0.369 e. The van der Waals surface area contributed by atoms with Crippen LogP contribution in [0.25, 0.3) is 11.2 Å². The Morgan fingerprint density at radius 3 is 2.88 bits per heavy atom. The number of benzene rings is 1. The molecular formula is C15H16N6O2S. The van der Waals surface area contributed by atoms with E-state index in [0.717, 1.165) is 16.8 Å². The number of carbonyl (C=O) groups is 1. The van der Waals surface area contributed by atoms with Gasteiger partial charge in [0, 0.05) is 5.69 Å². The van der Waals surface area contributed by atoms with E-state index >= 15 is 0 Å². The third-order valence-corrected chi connectivity index (χ3v) is 4.24. The van der Waals surface area contributed by atoms with E-state index in [1.54, 1.807) is 0 Å². The number of imidazole rings is 1. The standard InChI is InChI=1S/C15H16N6O2S/c1-7-3-4-8(2)9(5-7)17-10(22)6-24-15-18-11-12(20-15)19-14(16)21-13(11)23/h3-5H,6H2,1-2H3,(H,17,22)(H4,16,18,19,20,21,23). The summed E-state index contributed by atoms with van der Waals surface area (Å²) < 4.78 is 0. The zero-order valence-corrected chi connectivity index (χ0v) is 14.0. The molecule has 0 bridgehead atoms. The van der Waals surface area contributed by atoms with Crippen molar-refractivity contribution in [3.8, 4) is 0 Å². The van der Waals surface area contributed by atoms with Crippen LogP contribution in [0.2, 0.25) is 0 Å². The number of hydrogen-bond acceptors (Lipinski definition) is 6. The zero-order valence-electron chi connectivity index (χ0n) is 13.1. The van der Waals surface area contributed by atoms with Gasteiger partial charge >= 0.3 is 0 Å². The van der Waals surface area contributed by atoms with E-state index in [2.05, 4.69) is 25.3 Å². The molecule has 0 unspecified atom stereocenters. The molecule has 0 aliphatic heterocycles. The van der Waals surface area contributed by atoms with Crippen molar-refractivity contribution in [3.63, 3.8) is 0 Å². The summed E-state index contributed by atoms with van der Waals surface area (Å²) in [4.78, 5) is 37.2. The Hall–Kier alpha value is -2.81. The lowest BCUT2D eigenvalue weighted by Crippen LogP contribution is -2.15. The summed E-state index contributed by atoms with van der Waals surface area (Å²) in [6, 6.07) is 5.87. The topological polar surface area (TPSA) is 130 Å². The van der Waals surface area contributed by atoms with Gasteiger partial charge in [-0.05, 0) is 31.0 Å². The lowest BCUT2D eigenvalue weighted by Gasteiger charge is -2.08. The summed E-state index contributed by atoms with van der Waals surface area (Å²) in [5, 5.41) is 3.31. The first kappa shape index (κ1) is 16.1. The second-order valence-corrected chi connectivity index (χ2v) is 6.31. The number of anilines is 2. The number of fused-ring (bicyclic) bond motifs is 1. The summed E-state index contributed by atoms with van der Waals surface area (Å²) in [6.45, 7) is 3.90. The van der Waals surface area contributed by atoms with E-state index in [-0.39, 0.29) is 28.8 Å². The number of carbonyl (C=O) groups excluding carboxylic acids is 1. The van der Waals surface area contributed by atoms with E-state index in [0.29, 0.717) is 5.16 Å². The van der Waals surface area contributed by atoms with Crippen LogP contribution in [0.4, 0.5) is 11.6 Å². The van der Waals surface area contributed by atoms with Crippen molar-refractivity contribution in [1.29, 1.82) is 0 Å². The van der Waals surface area contributed by atoms with Crippen LogP contribution in [0.1, 0.15) is 11.1 Å². The minimum Gasteiger partial charge on any atom is -0.369 e. The molecule has 0 aliphatic carbocycles. The molecule has 1 amide bonds. The Morgan fingerprint density at radius 2 is 2.08 bits per heavy atom. The molecule has 0 spiro atoms. The monoisotopic (exact) mass is 344 g/mol. The number of rotatable bonds is 4. The second kappa shape index (κ2) is 6.36. The number of H-pyrrole nitrogens is 2. The van der Waals surface area contributed by atoms with Gasteiger partial charge in [-0.15, -0.1) is 0 Å². The third kappa shape index (κ3) is 3.40. The fourth-order valence-electron chi connectivity index (χ4n) is 2.16. The van der Waals surface area contributed by atoms with Gasteiger partial charge in [0.25, 0.3) is 5.56 Å². The normalized spacial score (nSPS) is 10.9. The molecule has 0 saturated carbocycles. The first-order chi connectivity index (χ1) is 11.4. The first-order valence-electron chi connectivity index (χ1n) is 7.18. The molecule has 0 saturated heterocycles. The van der Waals surface area contributed by atoms with Crippen LogP contribution in [0.3, 0.4) is 0 Å². The predicted octanol–water partition coefficient (Wildman–Crippen LogP) is 1.58. The number of nitrogens with zero attached hydrogens (tertiary/aromatic N) is 2. The third-order valence-electron chi connectivity index (χ3n) is 3.37. The van der Waals surface area contributed by atoms with E-state index < -0.39 is 5.56 Å². The summed E-state index contributed by atoms with van der Waals surface area (Å²) in [5.74, 6) is -0.000567. The van der Waals surface area contributed by atoms with Gasteiger partial charge in [0.15, 0.2) is 16.3 Å². The van der Waals surface area contributed by atoms with E-state index in [1.165, 1.54) is 11.8 Å². The molecule has 0 aliphatic rings. The molecule has 24 heavy (non-hydrogen) atoms. The average Bonchev–Trinajstić information content (AvgIpc) is 2.92. The van der Waals surface area contributed by atoms with Gasteiger partial charge in [-0.3, -0.25) is 14.6 Å². The molecule has 1 aromatic carbocycles. The Kier molecular flexibility index (Phi) is 4.26. The number of thioether (sulfide) groups is 1. The maximum atomic E-state index is 12.1. The fraction of sp³-hybridized carbons (Fsp3) is 0.200. The molecule has 9 heteroatoms. The summed E-state index contributed by atoms with van der Waals surface area (Å²) in [5.41, 5.74) is 8.41. The smallest absolute Gasteiger partial charge is 0.278 e. The Bertz CT molecular complexity index is 978. The SMILES string of the molecule is Cc1ccc(C)c(NC(=O)CSc2nc3nc(N)[nH]c(=O)c3[nH]2)c1. The van der Waals surface area contributed by atoms with Crippen LogP contribution in [0.5, 0.6) is 0 Å². The minimum atomic E-state index is -0.392. The molecule has 5 N–H and O–H groups in total. The number of amides is 1. The number of nitrogens with two attached hydrogens (primary N) is 1. The number of aromatic nitrogens is 4. The highest BCUT2D eigenvalue weighted by Crippen LogP contribution is 2.19. The number of aryl methyl sites for hydroxylation is 2. The lowest BCUT2D eigenvalue weighted by molar-refractivity contribution is -0.113. The van der Waals surface area contributed by atoms with E-state index in [1.807, 2.05) is 32.0 Å². The van der Waals surface area contributed by atoms with Crippen LogP contribution in [0.15, 0.2) is 28.2 Å². The predicted molar refractivity (Wildman–Crippen MR) is 94.2 cm³/mol. The summed E-state index contributed by atoms with van der Waals surface area (Å²) in [7, 11) is 0. The quantitative estimate of drug-likeness (QED) is 0.532. The highest BCUT2D eigenvalue weighted by Gasteiger charge is 2.11. The maximum Gasteiger partial charge on any atom is 0.278 e. The molecule has 3 aromatic rings. The molecular weight excluding hydrogens is 328 g/mol. The van der Waals surface area contributed by atoms with Crippen LogP contribution in [-0.2, 0) is 4.79 Å². The van der Waals surface area contributed by atoms with Crippen molar-refractivity contribution < 1.29 is 4.79 Å². The molecule has 3 rings (SSSR count). The van der Waals surface area contributed by atoms with E-state index in [4.69, 9.17) is 5.73 Å².